The molecule has 1 aromatic heterocycles. The molecule has 7 heteroatoms. The number of aromatic carboxylic acids is 1. The Labute approximate surface area is 213 Å². The molecular formula is C29H28F2N2O2S. The van der Waals surface area contributed by atoms with Gasteiger partial charge in [0.1, 0.15) is 17.3 Å². The molecule has 2 heterocycles. The fourth-order valence-electron chi connectivity index (χ4n) is 5.29. The minimum absolute atomic E-state index is 0.0665. The topological polar surface area (TPSA) is 52.6 Å². The van der Waals surface area contributed by atoms with E-state index in [0.717, 1.165) is 30.7 Å². The Balaban J connectivity index is 1.36. The summed E-state index contributed by atoms with van der Waals surface area (Å²) in [6.45, 7) is 3.90. The first kappa shape index (κ1) is 24.4. The van der Waals surface area contributed by atoms with Gasteiger partial charge in [-0.05, 0) is 65.9 Å². The lowest BCUT2D eigenvalue weighted by atomic mass is 9.80. The van der Waals surface area contributed by atoms with E-state index in [4.69, 9.17) is 5.11 Å². The number of benzene rings is 3. The third-order valence-electron chi connectivity index (χ3n) is 7.23. The first-order valence-corrected chi connectivity index (χ1v) is 13.0. The Morgan fingerprint density at radius 3 is 2.53 bits per heavy atom. The van der Waals surface area contributed by atoms with Gasteiger partial charge in [-0.3, -0.25) is 0 Å². The molecule has 3 aromatic carbocycles. The van der Waals surface area contributed by atoms with Crippen molar-refractivity contribution >= 4 is 33.1 Å². The molecule has 2 unspecified atom stereocenters. The number of carboxylic acids is 1. The monoisotopic (exact) mass is 506 g/mol. The summed E-state index contributed by atoms with van der Waals surface area (Å²) in [6, 6.07) is 20.5. The van der Waals surface area contributed by atoms with Crippen LogP contribution in [0.25, 0.3) is 10.1 Å². The van der Waals surface area contributed by atoms with Crippen LogP contribution in [0.1, 0.15) is 46.8 Å². The number of thiophene rings is 1. The Morgan fingerprint density at radius 2 is 1.81 bits per heavy atom. The van der Waals surface area contributed by atoms with Crippen LogP contribution < -0.4 is 10.2 Å². The smallest absolute Gasteiger partial charge is 0.335 e. The third-order valence-corrected chi connectivity index (χ3v) is 8.21. The first-order valence-electron chi connectivity index (χ1n) is 12.1. The van der Waals surface area contributed by atoms with Crippen molar-refractivity contribution in [1.82, 2.24) is 5.32 Å². The summed E-state index contributed by atoms with van der Waals surface area (Å²) in [5.74, 6) is -2.68. The lowest BCUT2D eigenvalue weighted by Gasteiger charge is -2.41. The summed E-state index contributed by atoms with van der Waals surface area (Å²) in [5, 5.41) is 16.3. The third kappa shape index (κ3) is 4.86. The molecule has 1 saturated heterocycles. The molecule has 1 aliphatic heterocycles. The maximum atomic E-state index is 14.9. The zero-order chi connectivity index (χ0) is 25.2. The van der Waals surface area contributed by atoms with Crippen molar-refractivity contribution in [2.45, 2.75) is 25.3 Å². The highest BCUT2D eigenvalue weighted by Crippen LogP contribution is 2.37. The van der Waals surface area contributed by atoms with Gasteiger partial charge in [0.25, 0.3) is 0 Å². The van der Waals surface area contributed by atoms with Crippen LogP contribution in [0.4, 0.5) is 14.5 Å². The second-order valence-electron chi connectivity index (χ2n) is 9.42. The van der Waals surface area contributed by atoms with E-state index in [-0.39, 0.29) is 29.1 Å². The quantitative estimate of drug-likeness (QED) is 0.288. The number of rotatable bonds is 7. The Kier molecular flexibility index (Phi) is 7.03. The summed E-state index contributed by atoms with van der Waals surface area (Å²) >= 11 is 1.75. The molecule has 5 rings (SSSR count). The standard InChI is InChI=1S/C29H28F2N2O2S/c1-18(24-17-36-27-10-6-5-9-22(24)27)32-15-20-11-12-33(16-23(20)19-7-3-2-4-8-19)28-25(30)13-21(29(34)35)14-26(28)31/h2-10,13-14,17-18,20,23,32H,11-12,15-16H2,1H3,(H,34,35)/t18-,20?,23?/m1/s1. The predicted molar refractivity (Wildman–Crippen MR) is 141 cm³/mol. The molecule has 0 spiro atoms. The average molecular weight is 507 g/mol. The molecule has 0 amide bonds. The largest absolute Gasteiger partial charge is 0.478 e. The molecular weight excluding hydrogens is 478 g/mol. The van der Waals surface area contributed by atoms with Gasteiger partial charge in [0.2, 0.25) is 0 Å². The highest BCUT2D eigenvalue weighted by molar-refractivity contribution is 7.17. The van der Waals surface area contributed by atoms with Gasteiger partial charge in [0.15, 0.2) is 0 Å². The maximum Gasteiger partial charge on any atom is 0.335 e. The Morgan fingerprint density at radius 1 is 1.11 bits per heavy atom. The number of hydrogen-bond donors (Lipinski definition) is 2. The van der Waals surface area contributed by atoms with Gasteiger partial charge in [-0.1, -0.05) is 48.5 Å². The number of carbonyl (C=O) groups is 1. The molecule has 0 saturated carbocycles. The maximum absolute atomic E-state index is 14.9. The molecule has 0 aliphatic carbocycles. The van der Waals surface area contributed by atoms with E-state index in [9.17, 15) is 13.6 Å². The number of hydrogen-bond acceptors (Lipinski definition) is 4. The second kappa shape index (κ2) is 10.4. The fourth-order valence-corrected chi connectivity index (χ4v) is 6.34. The van der Waals surface area contributed by atoms with Crippen LogP contribution in [0.2, 0.25) is 0 Å². The number of carboxylic acid groups (broad SMARTS) is 1. The number of piperidine rings is 1. The molecule has 1 aliphatic rings. The molecule has 36 heavy (non-hydrogen) atoms. The van der Waals surface area contributed by atoms with Crippen molar-refractivity contribution in [3.8, 4) is 0 Å². The number of nitrogens with one attached hydrogen (secondary N) is 1. The van der Waals surface area contributed by atoms with Gasteiger partial charge >= 0.3 is 5.97 Å². The van der Waals surface area contributed by atoms with Crippen LogP contribution in [0.15, 0.2) is 72.1 Å². The van der Waals surface area contributed by atoms with Gasteiger partial charge in [0.05, 0.1) is 5.56 Å². The van der Waals surface area contributed by atoms with Gasteiger partial charge in [0, 0.05) is 29.7 Å². The summed E-state index contributed by atoms with van der Waals surface area (Å²) in [4.78, 5) is 12.9. The van der Waals surface area contributed by atoms with Crippen molar-refractivity contribution < 1.29 is 18.7 Å². The number of anilines is 1. The number of nitrogens with zero attached hydrogens (tertiary/aromatic N) is 1. The van der Waals surface area contributed by atoms with Gasteiger partial charge < -0.3 is 15.3 Å². The zero-order valence-electron chi connectivity index (χ0n) is 20.0. The van der Waals surface area contributed by atoms with Crippen LogP contribution >= 0.6 is 11.3 Å². The molecule has 4 nitrogen and oxygen atoms in total. The Bertz CT molecular complexity index is 1350. The Hall–Kier alpha value is -3.29. The van der Waals surface area contributed by atoms with E-state index in [2.05, 4.69) is 54.0 Å². The van der Waals surface area contributed by atoms with Crippen LogP contribution in [0, 0.1) is 17.6 Å². The van der Waals surface area contributed by atoms with E-state index in [1.807, 2.05) is 18.2 Å². The van der Waals surface area contributed by atoms with Gasteiger partial charge in [-0.25, -0.2) is 13.6 Å². The summed E-state index contributed by atoms with van der Waals surface area (Å²) in [5.41, 5.74) is 1.88. The van der Waals surface area contributed by atoms with Crippen molar-refractivity contribution in [1.29, 1.82) is 0 Å². The van der Waals surface area contributed by atoms with Crippen molar-refractivity contribution in [3.63, 3.8) is 0 Å². The molecule has 1 fully saturated rings. The summed E-state index contributed by atoms with van der Waals surface area (Å²) in [7, 11) is 0. The van der Waals surface area contributed by atoms with Crippen LogP contribution in [-0.2, 0) is 0 Å². The van der Waals surface area contributed by atoms with Gasteiger partial charge in [-0.2, -0.15) is 0 Å². The minimum atomic E-state index is -1.35. The molecule has 4 aromatic rings. The minimum Gasteiger partial charge on any atom is -0.478 e. The normalized spacial score (nSPS) is 18.9. The van der Waals surface area contributed by atoms with Crippen molar-refractivity contribution in [3.05, 3.63) is 100 Å². The van der Waals surface area contributed by atoms with Crippen LogP contribution in [0.3, 0.4) is 0 Å². The highest BCUT2D eigenvalue weighted by atomic mass is 32.1. The number of fused-ring (bicyclic) bond motifs is 1. The highest BCUT2D eigenvalue weighted by Gasteiger charge is 2.33. The molecule has 0 bridgehead atoms. The van der Waals surface area contributed by atoms with Crippen molar-refractivity contribution in [2.24, 2.45) is 5.92 Å². The fraction of sp³-hybridized carbons (Fsp3) is 0.276. The molecule has 2 N–H and O–H groups in total. The van der Waals surface area contributed by atoms with Crippen LogP contribution in [0.5, 0.6) is 0 Å². The number of halogens is 2. The average Bonchev–Trinajstić information content (AvgIpc) is 3.32. The lowest BCUT2D eigenvalue weighted by Crippen LogP contribution is -2.43. The molecule has 3 atom stereocenters. The van der Waals surface area contributed by atoms with E-state index in [0.29, 0.717) is 13.1 Å². The predicted octanol–water partition coefficient (Wildman–Crippen LogP) is 6.84. The van der Waals surface area contributed by atoms with E-state index in [1.165, 1.54) is 15.6 Å². The second-order valence-corrected chi connectivity index (χ2v) is 10.3. The SMILES string of the molecule is C[C@@H](NCC1CCN(c2c(F)cc(C(=O)O)cc2F)CC1c1ccccc1)c1csc2ccccc12. The van der Waals surface area contributed by atoms with E-state index in [1.54, 1.807) is 16.2 Å². The summed E-state index contributed by atoms with van der Waals surface area (Å²) in [6.07, 6.45) is 0.753. The van der Waals surface area contributed by atoms with Gasteiger partial charge in [-0.15, -0.1) is 11.3 Å². The van der Waals surface area contributed by atoms with E-state index >= 15 is 0 Å². The summed E-state index contributed by atoms with van der Waals surface area (Å²) < 4.78 is 31.0. The molecule has 186 valence electrons. The van der Waals surface area contributed by atoms with Crippen molar-refractivity contribution in [2.75, 3.05) is 24.5 Å². The van der Waals surface area contributed by atoms with Crippen LogP contribution in [-0.4, -0.2) is 30.7 Å². The van der Waals surface area contributed by atoms with E-state index < -0.39 is 17.6 Å². The lowest BCUT2D eigenvalue weighted by molar-refractivity contribution is 0.0695. The molecule has 0 radical (unpaired) electrons. The zero-order valence-corrected chi connectivity index (χ0v) is 20.8. The first-order chi connectivity index (χ1) is 17.4.